The van der Waals surface area contributed by atoms with E-state index in [4.69, 9.17) is 21.1 Å². The van der Waals surface area contributed by atoms with Gasteiger partial charge < -0.3 is 14.4 Å². The smallest absolute Gasteiger partial charge is 0.340 e. The van der Waals surface area contributed by atoms with Crippen molar-refractivity contribution in [3.8, 4) is 5.69 Å². The average molecular weight is 562 g/mol. The zero-order chi connectivity index (χ0) is 27.8. The second-order valence-corrected chi connectivity index (χ2v) is 11.4. The molecule has 4 aromatic rings. The van der Waals surface area contributed by atoms with Gasteiger partial charge in [-0.3, -0.25) is 13.9 Å². The molecule has 1 aliphatic carbocycles. The lowest BCUT2D eigenvalue weighted by atomic mass is 9.78. The van der Waals surface area contributed by atoms with E-state index in [2.05, 4.69) is 0 Å². The molecule has 40 heavy (non-hydrogen) atoms. The van der Waals surface area contributed by atoms with Gasteiger partial charge in [0.15, 0.2) is 0 Å². The number of rotatable bonds is 5. The Morgan fingerprint density at radius 1 is 1.00 bits per heavy atom. The number of esters is 1. The molecule has 0 unspecified atom stereocenters. The molecule has 0 N–H and O–H groups in total. The Balaban J connectivity index is 1.30. The summed E-state index contributed by atoms with van der Waals surface area (Å²) in [7, 11) is 1.20. The Morgan fingerprint density at radius 3 is 2.35 bits per heavy atom. The Hall–Kier alpha value is -3.95. The van der Waals surface area contributed by atoms with Crippen molar-refractivity contribution in [3.05, 3.63) is 98.7 Å². The summed E-state index contributed by atoms with van der Waals surface area (Å²) in [5.41, 5.74) is 1.11. The Morgan fingerprint density at radius 2 is 1.73 bits per heavy atom. The number of hydrogen-bond acceptors (Lipinski definition) is 5. The zero-order valence-corrected chi connectivity index (χ0v) is 22.4. The van der Waals surface area contributed by atoms with Gasteiger partial charge in [-0.1, -0.05) is 23.7 Å². The predicted octanol–water partition coefficient (Wildman–Crippen LogP) is 4.38. The number of hydrogen-bond donors (Lipinski definition) is 0. The van der Waals surface area contributed by atoms with Gasteiger partial charge in [-0.2, -0.15) is 0 Å². The minimum Gasteiger partial charge on any atom is -0.465 e. The maximum Gasteiger partial charge on any atom is 0.340 e. The van der Waals surface area contributed by atoms with Crippen LogP contribution in [0.25, 0.3) is 16.7 Å². The van der Waals surface area contributed by atoms with Crippen LogP contribution in [0.2, 0.25) is 5.02 Å². The van der Waals surface area contributed by atoms with Gasteiger partial charge >= 0.3 is 11.7 Å². The number of aromatic nitrogens is 2. The Bertz CT molecular complexity index is 1760. The van der Waals surface area contributed by atoms with E-state index >= 15 is 4.39 Å². The predicted molar refractivity (Wildman–Crippen MR) is 146 cm³/mol. The molecular formula is C30H25ClFN3O5. The number of fused-ring (bicyclic) bond motifs is 1. The summed E-state index contributed by atoms with van der Waals surface area (Å²) < 4.78 is 28.8. The van der Waals surface area contributed by atoms with Crippen LogP contribution >= 0.6 is 11.6 Å². The summed E-state index contributed by atoms with van der Waals surface area (Å²) >= 11 is 6.35. The minimum atomic E-state index is -0.961. The van der Waals surface area contributed by atoms with Crippen LogP contribution in [0.4, 0.5) is 4.39 Å². The molecule has 8 nitrogen and oxygen atoms in total. The van der Waals surface area contributed by atoms with Crippen LogP contribution in [0.15, 0.2) is 65.5 Å². The van der Waals surface area contributed by atoms with E-state index in [-0.39, 0.29) is 28.1 Å². The number of ether oxygens (including phenoxy) is 2. The van der Waals surface area contributed by atoms with E-state index in [9.17, 15) is 14.4 Å². The third-order valence-corrected chi connectivity index (χ3v) is 8.62. The number of nitrogens with zero attached hydrogens (tertiary/aromatic N) is 3. The van der Waals surface area contributed by atoms with E-state index in [1.165, 1.54) is 17.7 Å². The number of carbonyl (C=O) groups is 2. The molecule has 204 valence electrons. The molecule has 0 atom stereocenters. The van der Waals surface area contributed by atoms with Crippen LogP contribution in [0.1, 0.15) is 39.1 Å². The SMILES string of the molecule is COC(=O)c1cccc(C2(n3c(=O)n(-c4ccc(C(=O)N5CC6(COC6)C5)cc4)c4cc(Cl)ccc43)CC2)c1F. The molecule has 10 heteroatoms. The van der Waals surface area contributed by atoms with Crippen molar-refractivity contribution in [2.45, 2.75) is 18.4 Å². The second kappa shape index (κ2) is 8.78. The molecule has 7 rings (SSSR count). The second-order valence-electron chi connectivity index (χ2n) is 11.0. The molecule has 1 aromatic heterocycles. The first-order chi connectivity index (χ1) is 19.3. The number of benzene rings is 3. The van der Waals surface area contributed by atoms with Crippen molar-refractivity contribution >= 4 is 34.5 Å². The Labute approximate surface area is 233 Å². The molecule has 0 bridgehead atoms. The molecule has 1 saturated carbocycles. The molecule has 2 saturated heterocycles. The maximum atomic E-state index is 15.7. The highest BCUT2D eigenvalue weighted by atomic mass is 35.5. The van der Waals surface area contributed by atoms with Crippen molar-refractivity contribution in [1.82, 2.24) is 14.0 Å². The quantitative estimate of drug-likeness (QED) is 0.338. The Kier molecular flexibility index (Phi) is 5.49. The number of likely N-dealkylation sites (tertiary alicyclic amines) is 1. The molecule has 1 amide bonds. The average Bonchev–Trinajstić information content (AvgIpc) is 3.64. The fourth-order valence-electron chi connectivity index (χ4n) is 6.14. The summed E-state index contributed by atoms with van der Waals surface area (Å²) in [6.07, 6.45) is 1.04. The fraction of sp³-hybridized carbons (Fsp3) is 0.300. The van der Waals surface area contributed by atoms with E-state index in [1.54, 1.807) is 59.2 Å². The summed E-state index contributed by atoms with van der Waals surface area (Å²) in [6.45, 7) is 2.77. The van der Waals surface area contributed by atoms with Crippen molar-refractivity contribution < 1.29 is 23.5 Å². The standard InChI is InChI=1S/C30H25ClFN3O5/c1-39-27(37)21-3-2-4-22(25(21)32)30(11-12-30)35-23-10-7-19(31)13-24(23)34(28(35)38)20-8-5-18(6-9-20)26(36)33-14-29(15-33)16-40-17-29/h2-10,13H,11-12,14-17H2,1H3. The normalized spacial score (nSPS) is 18.3. The lowest BCUT2D eigenvalue weighted by molar-refractivity contribution is -0.176. The maximum absolute atomic E-state index is 15.7. The first kappa shape index (κ1) is 25.0. The third kappa shape index (κ3) is 3.57. The molecule has 3 aromatic carbocycles. The van der Waals surface area contributed by atoms with Gasteiger partial charge in [-0.25, -0.2) is 14.0 Å². The van der Waals surface area contributed by atoms with Crippen LogP contribution in [-0.2, 0) is 15.0 Å². The molecule has 3 aliphatic rings. The van der Waals surface area contributed by atoms with Crippen LogP contribution in [0.3, 0.4) is 0 Å². The summed E-state index contributed by atoms with van der Waals surface area (Å²) in [4.78, 5) is 41.1. The summed E-state index contributed by atoms with van der Waals surface area (Å²) in [5, 5.41) is 0.445. The monoisotopic (exact) mass is 561 g/mol. The van der Waals surface area contributed by atoms with Crippen LogP contribution in [0.5, 0.6) is 0 Å². The van der Waals surface area contributed by atoms with Crippen LogP contribution < -0.4 is 5.69 Å². The summed E-state index contributed by atoms with van der Waals surface area (Å²) in [5.74, 6) is -1.53. The number of imidazole rings is 1. The number of amides is 1. The number of halogens is 2. The molecule has 2 aliphatic heterocycles. The lowest BCUT2D eigenvalue weighted by Crippen LogP contribution is -2.67. The van der Waals surface area contributed by atoms with Crippen molar-refractivity contribution in [2.75, 3.05) is 33.4 Å². The van der Waals surface area contributed by atoms with Gasteiger partial charge in [-0.15, -0.1) is 0 Å². The molecule has 0 radical (unpaired) electrons. The number of carbonyl (C=O) groups excluding carboxylic acids is 2. The third-order valence-electron chi connectivity index (χ3n) is 8.39. The van der Waals surface area contributed by atoms with E-state index in [0.29, 0.717) is 66.5 Å². The molecular weight excluding hydrogens is 537 g/mol. The van der Waals surface area contributed by atoms with Gasteiger partial charge in [-0.05, 0) is 61.4 Å². The highest BCUT2D eigenvalue weighted by molar-refractivity contribution is 6.31. The summed E-state index contributed by atoms with van der Waals surface area (Å²) in [6, 6.07) is 16.6. The van der Waals surface area contributed by atoms with E-state index in [0.717, 1.165) is 0 Å². The first-order valence-electron chi connectivity index (χ1n) is 13.1. The van der Waals surface area contributed by atoms with Gasteiger partial charge in [0.05, 0.1) is 53.6 Å². The first-order valence-corrected chi connectivity index (χ1v) is 13.4. The molecule has 3 fully saturated rings. The zero-order valence-electron chi connectivity index (χ0n) is 21.7. The van der Waals surface area contributed by atoms with Crippen molar-refractivity contribution in [3.63, 3.8) is 0 Å². The van der Waals surface area contributed by atoms with Gasteiger partial charge in [0.2, 0.25) is 0 Å². The lowest BCUT2D eigenvalue weighted by Gasteiger charge is -2.54. The fourth-order valence-corrected chi connectivity index (χ4v) is 6.31. The van der Waals surface area contributed by atoms with Crippen LogP contribution in [0, 0.1) is 11.2 Å². The largest absolute Gasteiger partial charge is 0.465 e. The van der Waals surface area contributed by atoms with Gasteiger partial charge in [0.25, 0.3) is 5.91 Å². The van der Waals surface area contributed by atoms with Crippen molar-refractivity contribution in [1.29, 1.82) is 0 Å². The highest BCUT2D eigenvalue weighted by Gasteiger charge is 2.52. The van der Waals surface area contributed by atoms with Gasteiger partial charge in [0.1, 0.15) is 5.82 Å². The number of methoxy groups -OCH3 is 1. The minimum absolute atomic E-state index is 0.0557. The molecule has 3 heterocycles. The van der Waals surface area contributed by atoms with Crippen LogP contribution in [-0.4, -0.2) is 59.3 Å². The molecule has 1 spiro atoms. The van der Waals surface area contributed by atoms with Gasteiger partial charge in [0, 0.05) is 29.2 Å². The van der Waals surface area contributed by atoms with E-state index in [1.807, 2.05) is 4.90 Å². The van der Waals surface area contributed by atoms with E-state index < -0.39 is 17.3 Å². The van der Waals surface area contributed by atoms with Crippen molar-refractivity contribution in [2.24, 2.45) is 5.41 Å². The highest BCUT2D eigenvalue weighted by Crippen LogP contribution is 2.51. The topological polar surface area (TPSA) is 82.8 Å².